The van der Waals surface area contributed by atoms with E-state index >= 15 is 0 Å². The number of Topliss-reactive ketones (excluding diaryl/α,β-unsaturated/α-hetero) is 1. The number of methoxy groups -OCH3 is 1. The first kappa shape index (κ1) is 13.3. The molecule has 0 bridgehead atoms. The van der Waals surface area contributed by atoms with Gasteiger partial charge in [0.1, 0.15) is 6.61 Å². The van der Waals surface area contributed by atoms with Crippen LogP contribution in [0.2, 0.25) is 0 Å². The second-order valence-electron chi connectivity index (χ2n) is 3.96. The maximum Gasteiger partial charge on any atom is 0.168 e. The Kier molecular flexibility index (Phi) is 5.56. The van der Waals surface area contributed by atoms with Gasteiger partial charge in [0.25, 0.3) is 0 Å². The smallest absolute Gasteiger partial charge is 0.168 e. The Morgan fingerprint density at radius 2 is 1.88 bits per heavy atom. The maximum atomic E-state index is 11.2. The molecule has 1 aromatic rings. The first-order valence-electron chi connectivity index (χ1n) is 5.27. The summed E-state index contributed by atoms with van der Waals surface area (Å²) < 4.78 is 4.78. The van der Waals surface area contributed by atoms with Gasteiger partial charge >= 0.3 is 0 Å². The van der Waals surface area contributed by atoms with Crippen molar-refractivity contribution in [2.45, 2.75) is 19.6 Å². The van der Waals surface area contributed by atoms with Gasteiger partial charge in [0.05, 0.1) is 5.75 Å². The van der Waals surface area contributed by atoms with Crippen LogP contribution >= 0.6 is 11.8 Å². The summed E-state index contributed by atoms with van der Waals surface area (Å²) >= 11 is 1.64. The fourth-order valence-corrected chi connectivity index (χ4v) is 2.45. The number of ketones is 1. The van der Waals surface area contributed by atoms with E-state index in [9.17, 15) is 4.79 Å². The van der Waals surface area contributed by atoms with E-state index in [0.29, 0.717) is 5.75 Å². The van der Waals surface area contributed by atoms with Crippen molar-refractivity contribution in [3.63, 3.8) is 0 Å². The molecule has 0 saturated heterocycles. The van der Waals surface area contributed by atoms with Crippen LogP contribution in [0.1, 0.15) is 16.7 Å². The highest BCUT2D eigenvalue weighted by atomic mass is 32.2. The third-order valence-corrected chi connectivity index (χ3v) is 3.18. The maximum absolute atomic E-state index is 11.2. The van der Waals surface area contributed by atoms with Gasteiger partial charge < -0.3 is 4.74 Å². The quantitative estimate of drug-likeness (QED) is 0.762. The highest BCUT2D eigenvalue weighted by molar-refractivity contribution is 7.99. The summed E-state index contributed by atoms with van der Waals surface area (Å²) in [5, 5.41) is 0. The van der Waals surface area contributed by atoms with Gasteiger partial charge in [-0.1, -0.05) is 29.3 Å². The summed E-state index contributed by atoms with van der Waals surface area (Å²) in [6.07, 6.45) is 0. The van der Waals surface area contributed by atoms with Gasteiger partial charge in [-0.05, 0) is 19.4 Å². The van der Waals surface area contributed by atoms with E-state index in [1.807, 2.05) is 0 Å². The molecule has 3 heteroatoms. The molecule has 0 saturated carbocycles. The molecule has 0 N–H and O–H groups in total. The van der Waals surface area contributed by atoms with Crippen LogP contribution in [-0.2, 0) is 15.3 Å². The molecule has 0 aromatic heterocycles. The number of benzene rings is 1. The lowest BCUT2D eigenvalue weighted by Gasteiger charge is -2.04. The predicted molar refractivity (Wildman–Crippen MR) is 69.0 cm³/mol. The number of hydrogen-bond acceptors (Lipinski definition) is 3. The van der Waals surface area contributed by atoms with E-state index < -0.39 is 0 Å². The summed E-state index contributed by atoms with van der Waals surface area (Å²) in [4.78, 5) is 11.2. The number of hydrogen-bond donors (Lipinski definition) is 0. The number of ether oxygens (including phenoxy) is 1. The van der Waals surface area contributed by atoms with Crippen LogP contribution in [0.3, 0.4) is 0 Å². The van der Waals surface area contributed by atoms with Gasteiger partial charge in [-0.25, -0.2) is 0 Å². The summed E-state index contributed by atoms with van der Waals surface area (Å²) in [6.45, 7) is 4.41. The highest BCUT2D eigenvalue weighted by Gasteiger charge is 2.02. The third kappa shape index (κ3) is 4.81. The molecule has 0 amide bonds. The Labute approximate surface area is 101 Å². The van der Waals surface area contributed by atoms with Crippen LogP contribution in [0.15, 0.2) is 18.2 Å². The van der Waals surface area contributed by atoms with Crippen molar-refractivity contribution in [2.24, 2.45) is 0 Å². The van der Waals surface area contributed by atoms with Crippen LogP contribution in [-0.4, -0.2) is 25.3 Å². The number of aryl methyl sites for hydroxylation is 2. The third-order valence-electron chi connectivity index (χ3n) is 2.12. The lowest BCUT2D eigenvalue weighted by atomic mass is 10.1. The average molecular weight is 238 g/mol. The summed E-state index contributed by atoms with van der Waals surface area (Å²) in [7, 11) is 1.55. The molecule has 16 heavy (non-hydrogen) atoms. The summed E-state index contributed by atoms with van der Waals surface area (Å²) in [6, 6.07) is 6.49. The van der Waals surface area contributed by atoms with Crippen molar-refractivity contribution in [1.82, 2.24) is 0 Å². The molecule has 0 aliphatic carbocycles. The van der Waals surface area contributed by atoms with E-state index in [1.165, 1.54) is 16.7 Å². The molecule has 88 valence electrons. The van der Waals surface area contributed by atoms with Crippen molar-refractivity contribution >= 4 is 17.5 Å². The highest BCUT2D eigenvalue weighted by Crippen LogP contribution is 2.15. The molecule has 0 fully saturated rings. The van der Waals surface area contributed by atoms with Gasteiger partial charge in [-0.3, -0.25) is 4.79 Å². The van der Waals surface area contributed by atoms with Crippen LogP contribution in [0.4, 0.5) is 0 Å². The first-order chi connectivity index (χ1) is 7.61. The van der Waals surface area contributed by atoms with Crippen molar-refractivity contribution in [3.8, 4) is 0 Å². The number of rotatable bonds is 6. The zero-order chi connectivity index (χ0) is 12.0. The van der Waals surface area contributed by atoms with E-state index in [2.05, 4.69) is 32.0 Å². The number of thioether (sulfide) groups is 1. The van der Waals surface area contributed by atoms with Gasteiger partial charge in [0.2, 0.25) is 0 Å². The van der Waals surface area contributed by atoms with Gasteiger partial charge in [0.15, 0.2) is 5.78 Å². The lowest BCUT2D eigenvalue weighted by Crippen LogP contribution is -2.09. The molecular formula is C13H18O2S. The second kappa shape index (κ2) is 6.71. The van der Waals surface area contributed by atoms with E-state index in [-0.39, 0.29) is 12.4 Å². The Morgan fingerprint density at radius 3 is 2.44 bits per heavy atom. The number of carbonyl (C=O) groups is 1. The second-order valence-corrected chi connectivity index (χ2v) is 4.95. The minimum atomic E-state index is 0.150. The summed E-state index contributed by atoms with van der Waals surface area (Å²) in [5.41, 5.74) is 3.84. The van der Waals surface area contributed by atoms with Crippen LogP contribution < -0.4 is 0 Å². The Bertz CT molecular complexity index is 341. The first-order valence-corrected chi connectivity index (χ1v) is 6.43. The Balaban J connectivity index is 2.40. The molecule has 0 unspecified atom stereocenters. The monoisotopic (exact) mass is 238 g/mol. The predicted octanol–water partition coefficient (Wildman–Crippen LogP) is 2.75. The average Bonchev–Trinajstić information content (AvgIpc) is 2.16. The largest absolute Gasteiger partial charge is 0.377 e. The van der Waals surface area contributed by atoms with Crippen LogP contribution in [0.25, 0.3) is 0 Å². The standard InChI is InChI=1S/C13H18O2S/c1-10-4-11(2)6-12(5-10)8-16-9-13(14)7-15-3/h4-6H,7-9H2,1-3H3. The molecule has 0 heterocycles. The summed E-state index contributed by atoms with van der Waals surface area (Å²) in [5.74, 6) is 1.57. The molecule has 1 rings (SSSR count). The Morgan fingerprint density at radius 1 is 1.25 bits per heavy atom. The van der Waals surface area contributed by atoms with Crippen molar-refractivity contribution < 1.29 is 9.53 Å². The molecule has 0 radical (unpaired) electrons. The molecule has 0 atom stereocenters. The van der Waals surface area contributed by atoms with Gasteiger partial charge in [-0.2, -0.15) is 0 Å². The minimum absolute atomic E-state index is 0.150. The van der Waals surface area contributed by atoms with Gasteiger partial charge in [-0.15, -0.1) is 11.8 Å². The van der Waals surface area contributed by atoms with Gasteiger partial charge in [0, 0.05) is 12.9 Å². The van der Waals surface area contributed by atoms with Crippen molar-refractivity contribution in [3.05, 3.63) is 34.9 Å². The molecular weight excluding hydrogens is 220 g/mol. The van der Waals surface area contributed by atoms with Crippen molar-refractivity contribution in [2.75, 3.05) is 19.5 Å². The molecule has 1 aromatic carbocycles. The molecule has 0 spiro atoms. The molecule has 0 aliphatic rings. The van der Waals surface area contributed by atoms with Crippen LogP contribution in [0, 0.1) is 13.8 Å². The van der Waals surface area contributed by atoms with E-state index in [0.717, 1.165) is 5.75 Å². The van der Waals surface area contributed by atoms with E-state index in [1.54, 1.807) is 18.9 Å². The lowest BCUT2D eigenvalue weighted by molar-refractivity contribution is -0.120. The zero-order valence-corrected chi connectivity index (χ0v) is 10.9. The normalized spacial score (nSPS) is 10.4. The Hall–Kier alpha value is -0.800. The van der Waals surface area contributed by atoms with Crippen LogP contribution in [0.5, 0.6) is 0 Å². The molecule has 2 nitrogen and oxygen atoms in total. The number of carbonyl (C=O) groups excluding carboxylic acids is 1. The fourth-order valence-electron chi connectivity index (χ4n) is 1.64. The fraction of sp³-hybridized carbons (Fsp3) is 0.462. The van der Waals surface area contributed by atoms with E-state index in [4.69, 9.17) is 4.74 Å². The zero-order valence-electron chi connectivity index (χ0n) is 10.1. The minimum Gasteiger partial charge on any atom is -0.377 e. The topological polar surface area (TPSA) is 26.3 Å². The van der Waals surface area contributed by atoms with Crippen molar-refractivity contribution in [1.29, 1.82) is 0 Å². The molecule has 0 aliphatic heterocycles. The SMILES string of the molecule is COCC(=O)CSCc1cc(C)cc(C)c1.